The van der Waals surface area contributed by atoms with Gasteiger partial charge in [-0.25, -0.2) is 4.98 Å². The quantitative estimate of drug-likeness (QED) is 0.596. The van der Waals surface area contributed by atoms with Crippen LogP contribution in [0.1, 0.15) is 18.5 Å². The molecule has 19 heavy (non-hydrogen) atoms. The molecule has 0 aliphatic rings. The average Bonchev–Trinajstić information content (AvgIpc) is 2.92. The predicted octanol–water partition coefficient (Wildman–Crippen LogP) is 1.80. The van der Waals surface area contributed by atoms with Crippen molar-refractivity contribution in [2.24, 2.45) is 5.73 Å². The summed E-state index contributed by atoms with van der Waals surface area (Å²) in [6, 6.07) is 3.77. The van der Waals surface area contributed by atoms with E-state index in [0.29, 0.717) is 10.7 Å². The van der Waals surface area contributed by atoms with Crippen LogP contribution in [-0.2, 0) is 6.54 Å². The molecule has 0 aliphatic carbocycles. The zero-order valence-corrected chi connectivity index (χ0v) is 11.4. The summed E-state index contributed by atoms with van der Waals surface area (Å²) in [5.41, 5.74) is 7.13. The number of nitrogens with two attached hydrogens (primary N) is 1. The molecule has 100 valence electrons. The van der Waals surface area contributed by atoms with Crippen LogP contribution in [0.2, 0.25) is 0 Å². The molecule has 6 heteroatoms. The number of aromatic nitrogens is 3. The lowest BCUT2D eigenvalue weighted by molar-refractivity contribution is 0.621. The molecule has 2 aromatic rings. The molecule has 0 aliphatic heterocycles. The average molecular weight is 275 g/mol. The Morgan fingerprint density at radius 2 is 2.26 bits per heavy atom. The minimum Gasteiger partial charge on any atom is -0.388 e. The lowest BCUT2D eigenvalue weighted by atomic mass is 10.3. The van der Waals surface area contributed by atoms with E-state index >= 15 is 0 Å². The Balaban J connectivity index is 1.66. The largest absolute Gasteiger partial charge is 0.388 e. The second kappa shape index (κ2) is 6.84. The Labute approximate surface area is 117 Å². The number of aryl methyl sites for hydroxylation is 1. The Hall–Kier alpha value is -1.95. The van der Waals surface area contributed by atoms with Gasteiger partial charge in [0.15, 0.2) is 0 Å². The summed E-state index contributed by atoms with van der Waals surface area (Å²) in [7, 11) is 0. The molecule has 0 fully saturated rings. The first kappa shape index (κ1) is 13.5. The van der Waals surface area contributed by atoms with E-state index < -0.39 is 0 Å². The number of nitrogens with one attached hydrogen (secondary N) is 1. The minimum atomic E-state index is 0.326. The molecular weight excluding hydrogens is 258 g/mol. The molecule has 3 N–H and O–H groups in total. The van der Waals surface area contributed by atoms with Gasteiger partial charge in [0.05, 0.1) is 23.9 Å². The highest BCUT2D eigenvalue weighted by atomic mass is 32.1. The van der Waals surface area contributed by atoms with Crippen LogP contribution in [0.3, 0.4) is 0 Å². The fourth-order valence-electron chi connectivity index (χ4n) is 1.72. The van der Waals surface area contributed by atoms with Crippen molar-refractivity contribution in [2.45, 2.75) is 19.4 Å². The van der Waals surface area contributed by atoms with Crippen molar-refractivity contribution in [1.29, 1.82) is 0 Å². The van der Waals surface area contributed by atoms with Crippen LogP contribution in [-0.4, -0.2) is 26.1 Å². The Morgan fingerprint density at radius 3 is 2.89 bits per heavy atom. The van der Waals surface area contributed by atoms with Crippen LogP contribution in [0.5, 0.6) is 0 Å². The SMILES string of the molecule is NC(=S)c1ccc(NCCCCn2ccnc2)cn1. The van der Waals surface area contributed by atoms with Gasteiger partial charge in [-0.2, -0.15) is 0 Å². The fraction of sp³-hybridized carbons (Fsp3) is 0.308. The molecule has 2 heterocycles. The van der Waals surface area contributed by atoms with E-state index in [2.05, 4.69) is 19.9 Å². The van der Waals surface area contributed by atoms with Crippen LogP contribution in [0, 0.1) is 0 Å². The third kappa shape index (κ3) is 4.33. The maximum Gasteiger partial charge on any atom is 0.122 e. The molecule has 2 aromatic heterocycles. The van der Waals surface area contributed by atoms with Crippen LogP contribution >= 0.6 is 12.2 Å². The Kier molecular flexibility index (Phi) is 4.85. The summed E-state index contributed by atoms with van der Waals surface area (Å²) < 4.78 is 2.08. The molecule has 2 rings (SSSR count). The van der Waals surface area contributed by atoms with Crippen molar-refractivity contribution in [2.75, 3.05) is 11.9 Å². The summed E-state index contributed by atoms with van der Waals surface area (Å²) in [5.74, 6) is 0. The number of imidazole rings is 1. The maximum absolute atomic E-state index is 5.49. The molecule has 0 unspecified atom stereocenters. The number of rotatable bonds is 7. The second-order valence-electron chi connectivity index (χ2n) is 4.23. The van der Waals surface area contributed by atoms with Crippen LogP contribution < -0.4 is 11.1 Å². The van der Waals surface area contributed by atoms with Crippen molar-refractivity contribution in [3.8, 4) is 0 Å². The van der Waals surface area contributed by atoms with Gasteiger partial charge >= 0.3 is 0 Å². The van der Waals surface area contributed by atoms with Crippen molar-refractivity contribution in [3.05, 3.63) is 42.7 Å². The summed E-state index contributed by atoms with van der Waals surface area (Å²) in [6.07, 6.45) is 9.58. The van der Waals surface area contributed by atoms with Gasteiger partial charge in [-0.05, 0) is 25.0 Å². The van der Waals surface area contributed by atoms with E-state index in [1.165, 1.54) is 0 Å². The van der Waals surface area contributed by atoms with Crippen molar-refractivity contribution >= 4 is 22.9 Å². The molecule has 0 bridgehead atoms. The summed E-state index contributed by atoms with van der Waals surface area (Å²) in [5, 5.41) is 3.32. The molecule has 0 spiro atoms. The number of hydrogen-bond donors (Lipinski definition) is 2. The van der Waals surface area contributed by atoms with E-state index in [9.17, 15) is 0 Å². The first-order chi connectivity index (χ1) is 9.25. The zero-order chi connectivity index (χ0) is 13.5. The Morgan fingerprint density at radius 1 is 1.37 bits per heavy atom. The minimum absolute atomic E-state index is 0.326. The third-order valence-electron chi connectivity index (χ3n) is 2.75. The van der Waals surface area contributed by atoms with Crippen molar-refractivity contribution < 1.29 is 0 Å². The first-order valence-corrected chi connectivity index (χ1v) is 6.62. The van der Waals surface area contributed by atoms with Gasteiger partial charge in [0.1, 0.15) is 4.99 Å². The normalized spacial score (nSPS) is 10.3. The van der Waals surface area contributed by atoms with Crippen LogP contribution in [0.4, 0.5) is 5.69 Å². The lowest BCUT2D eigenvalue weighted by Crippen LogP contribution is -2.11. The topological polar surface area (TPSA) is 68.8 Å². The smallest absolute Gasteiger partial charge is 0.122 e. The predicted molar refractivity (Wildman–Crippen MR) is 80.1 cm³/mol. The Bertz CT molecular complexity index is 506. The lowest BCUT2D eigenvalue weighted by Gasteiger charge is -2.07. The molecule has 0 radical (unpaired) electrons. The second-order valence-corrected chi connectivity index (χ2v) is 4.67. The molecular formula is C13H17N5S. The van der Waals surface area contributed by atoms with E-state index in [1.807, 2.05) is 24.7 Å². The van der Waals surface area contributed by atoms with Gasteiger partial charge in [-0.3, -0.25) is 4.98 Å². The van der Waals surface area contributed by atoms with E-state index in [0.717, 1.165) is 31.6 Å². The van der Waals surface area contributed by atoms with Crippen LogP contribution in [0.25, 0.3) is 0 Å². The number of thiocarbonyl (C=S) groups is 1. The molecule has 0 aromatic carbocycles. The van der Waals surface area contributed by atoms with Gasteiger partial charge in [0, 0.05) is 25.5 Å². The summed E-state index contributed by atoms with van der Waals surface area (Å²) in [4.78, 5) is 8.51. The molecule has 0 saturated heterocycles. The standard InChI is InChI=1S/C13H17N5S/c14-13(19)12-4-3-11(9-17-12)16-5-1-2-7-18-8-6-15-10-18/h3-4,6,8-10,16H,1-2,5,7H2,(H2,14,19). The molecule has 5 nitrogen and oxygen atoms in total. The first-order valence-electron chi connectivity index (χ1n) is 6.21. The fourth-order valence-corrected chi connectivity index (χ4v) is 1.84. The number of anilines is 1. The number of unbranched alkanes of at least 4 members (excludes halogenated alkanes) is 1. The number of pyridine rings is 1. The summed E-state index contributed by atoms with van der Waals surface area (Å²) in [6.45, 7) is 1.92. The van der Waals surface area contributed by atoms with Gasteiger partial charge < -0.3 is 15.6 Å². The van der Waals surface area contributed by atoms with E-state index in [-0.39, 0.29) is 0 Å². The monoisotopic (exact) mass is 275 g/mol. The van der Waals surface area contributed by atoms with Crippen LogP contribution in [0.15, 0.2) is 37.1 Å². The maximum atomic E-state index is 5.49. The van der Waals surface area contributed by atoms with E-state index in [4.69, 9.17) is 18.0 Å². The molecule has 0 saturated carbocycles. The third-order valence-corrected chi connectivity index (χ3v) is 2.96. The molecule has 0 atom stereocenters. The molecule has 0 amide bonds. The van der Waals surface area contributed by atoms with E-state index in [1.54, 1.807) is 12.4 Å². The van der Waals surface area contributed by atoms with Crippen molar-refractivity contribution in [1.82, 2.24) is 14.5 Å². The number of hydrogen-bond acceptors (Lipinski definition) is 4. The number of nitrogens with zero attached hydrogens (tertiary/aromatic N) is 3. The van der Waals surface area contributed by atoms with Gasteiger partial charge in [0.25, 0.3) is 0 Å². The summed E-state index contributed by atoms with van der Waals surface area (Å²) >= 11 is 4.85. The van der Waals surface area contributed by atoms with Gasteiger partial charge in [-0.1, -0.05) is 12.2 Å². The van der Waals surface area contributed by atoms with Crippen molar-refractivity contribution in [3.63, 3.8) is 0 Å². The van der Waals surface area contributed by atoms with Gasteiger partial charge in [0.2, 0.25) is 0 Å². The van der Waals surface area contributed by atoms with Gasteiger partial charge in [-0.15, -0.1) is 0 Å². The highest BCUT2D eigenvalue weighted by Crippen LogP contribution is 2.06. The zero-order valence-electron chi connectivity index (χ0n) is 10.6. The highest BCUT2D eigenvalue weighted by Gasteiger charge is 1.98. The highest BCUT2D eigenvalue weighted by molar-refractivity contribution is 7.80.